The normalized spacial score (nSPS) is 20.8. The number of aryl methyl sites for hydroxylation is 1. The van der Waals surface area contributed by atoms with Crippen molar-refractivity contribution in [2.24, 2.45) is 5.92 Å². The number of hydrogen-bond acceptors (Lipinski definition) is 2. The van der Waals surface area contributed by atoms with Crippen LogP contribution >= 0.6 is 0 Å². The first-order valence-electron chi connectivity index (χ1n) is 5.40. The van der Waals surface area contributed by atoms with Gasteiger partial charge in [-0.2, -0.15) is 5.10 Å². The molecule has 1 aromatic rings. The lowest BCUT2D eigenvalue weighted by Gasteiger charge is -2.20. The highest BCUT2D eigenvalue weighted by Crippen LogP contribution is 2.45. The Kier molecular flexibility index (Phi) is 2.35. The number of aromatic nitrogens is 2. The second kappa shape index (κ2) is 3.39. The minimum absolute atomic E-state index is 0.446. The molecule has 1 unspecified atom stereocenters. The summed E-state index contributed by atoms with van der Waals surface area (Å²) in [6.07, 6.45) is 7.14. The third-order valence-corrected chi connectivity index (χ3v) is 3.04. The first-order valence-corrected chi connectivity index (χ1v) is 5.40. The molecule has 1 aromatic heterocycles. The van der Waals surface area contributed by atoms with E-state index in [2.05, 4.69) is 12.0 Å². The van der Waals surface area contributed by atoms with Gasteiger partial charge in [0.1, 0.15) is 0 Å². The first-order chi connectivity index (χ1) is 6.64. The van der Waals surface area contributed by atoms with Crippen molar-refractivity contribution in [1.82, 2.24) is 9.78 Å². The molecule has 1 atom stereocenters. The molecule has 0 bridgehead atoms. The Labute approximate surface area is 84.7 Å². The molecule has 0 aromatic carbocycles. The van der Waals surface area contributed by atoms with E-state index in [1.165, 1.54) is 0 Å². The molecule has 1 saturated carbocycles. The van der Waals surface area contributed by atoms with E-state index in [4.69, 9.17) is 0 Å². The molecule has 0 spiro atoms. The average Bonchev–Trinajstić information content (AvgIpc) is 2.89. The smallest absolute Gasteiger partial charge is 0.0926 e. The largest absolute Gasteiger partial charge is 0.385 e. The Bertz CT molecular complexity index is 313. The standard InChI is InChI=1S/C11H18N2O/c1-3-6-13-8-10(7-12-13)11(2,14)9-4-5-9/h7-9,14H,3-6H2,1-2H3. The van der Waals surface area contributed by atoms with E-state index in [0.717, 1.165) is 31.4 Å². The molecule has 1 N–H and O–H groups in total. The van der Waals surface area contributed by atoms with Crippen molar-refractivity contribution in [3.05, 3.63) is 18.0 Å². The predicted octanol–water partition coefficient (Wildman–Crippen LogP) is 1.91. The van der Waals surface area contributed by atoms with Gasteiger partial charge in [0.2, 0.25) is 0 Å². The Morgan fingerprint density at radius 1 is 1.64 bits per heavy atom. The zero-order valence-corrected chi connectivity index (χ0v) is 8.90. The highest BCUT2D eigenvalue weighted by atomic mass is 16.3. The fraction of sp³-hybridized carbons (Fsp3) is 0.727. The van der Waals surface area contributed by atoms with Gasteiger partial charge in [-0.05, 0) is 32.1 Å². The molecule has 1 aliphatic rings. The molecular formula is C11H18N2O. The van der Waals surface area contributed by atoms with Crippen molar-refractivity contribution in [1.29, 1.82) is 0 Å². The second-order valence-corrected chi connectivity index (χ2v) is 4.41. The zero-order valence-electron chi connectivity index (χ0n) is 8.90. The Morgan fingerprint density at radius 3 is 2.93 bits per heavy atom. The van der Waals surface area contributed by atoms with Crippen molar-refractivity contribution in [3.8, 4) is 0 Å². The maximum absolute atomic E-state index is 10.3. The van der Waals surface area contributed by atoms with E-state index in [-0.39, 0.29) is 0 Å². The van der Waals surface area contributed by atoms with Crippen LogP contribution in [0.25, 0.3) is 0 Å². The summed E-state index contributed by atoms with van der Waals surface area (Å²) in [4.78, 5) is 0. The van der Waals surface area contributed by atoms with Crippen LogP contribution in [0.2, 0.25) is 0 Å². The van der Waals surface area contributed by atoms with Gasteiger partial charge in [-0.25, -0.2) is 0 Å². The molecule has 0 aliphatic heterocycles. The van der Waals surface area contributed by atoms with Crippen LogP contribution in [0.15, 0.2) is 12.4 Å². The first kappa shape index (κ1) is 9.71. The molecule has 0 amide bonds. The van der Waals surface area contributed by atoms with Crippen LogP contribution < -0.4 is 0 Å². The van der Waals surface area contributed by atoms with Crippen LogP contribution in [0, 0.1) is 5.92 Å². The minimum Gasteiger partial charge on any atom is -0.385 e. The van der Waals surface area contributed by atoms with E-state index < -0.39 is 5.60 Å². The highest BCUT2D eigenvalue weighted by molar-refractivity contribution is 5.17. The quantitative estimate of drug-likeness (QED) is 0.795. The molecule has 1 heterocycles. The molecular weight excluding hydrogens is 176 g/mol. The third kappa shape index (κ3) is 1.69. The molecule has 1 fully saturated rings. The van der Waals surface area contributed by atoms with Crippen molar-refractivity contribution < 1.29 is 5.11 Å². The molecule has 78 valence electrons. The number of nitrogens with zero attached hydrogens (tertiary/aromatic N) is 2. The van der Waals surface area contributed by atoms with Crippen molar-refractivity contribution in [2.45, 2.75) is 45.3 Å². The predicted molar refractivity (Wildman–Crippen MR) is 54.8 cm³/mol. The van der Waals surface area contributed by atoms with Crippen LogP contribution in [0.1, 0.15) is 38.7 Å². The Morgan fingerprint density at radius 2 is 2.36 bits per heavy atom. The summed E-state index contributed by atoms with van der Waals surface area (Å²) in [5.41, 5.74) is 0.305. The molecule has 3 heteroatoms. The summed E-state index contributed by atoms with van der Waals surface area (Å²) in [5.74, 6) is 0.446. The molecule has 14 heavy (non-hydrogen) atoms. The molecule has 0 saturated heterocycles. The molecule has 3 nitrogen and oxygen atoms in total. The third-order valence-electron chi connectivity index (χ3n) is 3.04. The van der Waals surface area contributed by atoms with Crippen molar-refractivity contribution in [2.75, 3.05) is 0 Å². The van der Waals surface area contributed by atoms with Gasteiger partial charge in [0.25, 0.3) is 0 Å². The number of hydrogen-bond donors (Lipinski definition) is 1. The van der Waals surface area contributed by atoms with Crippen LogP contribution in [0.4, 0.5) is 0 Å². The van der Waals surface area contributed by atoms with Crippen LogP contribution in [0.5, 0.6) is 0 Å². The van der Waals surface area contributed by atoms with E-state index >= 15 is 0 Å². The average molecular weight is 194 g/mol. The number of aliphatic hydroxyl groups is 1. The van der Waals surface area contributed by atoms with Crippen LogP contribution in [0.3, 0.4) is 0 Å². The maximum Gasteiger partial charge on any atom is 0.0926 e. The summed E-state index contributed by atoms with van der Waals surface area (Å²) >= 11 is 0. The monoisotopic (exact) mass is 194 g/mol. The van der Waals surface area contributed by atoms with E-state index in [0.29, 0.717) is 5.92 Å². The van der Waals surface area contributed by atoms with E-state index in [1.54, 1.807) is 6.20 Å². The van der Waals surface area contributed by atoms with Crippen LogP contribution in [-0.2, 0) is 12.1 Å². The SMILES string of the molecule is CCCn1cc(C(C)(O)C2CC2)cn1. The lowest BCUT2D eigenvalue weighted by Crippen LogP contribution is -2.23. The summed E-state index contributed by atoms with van der Waals surface area (Å²) in [6.45, 7) is 4.96. The van der Waals surface area contributed by atoms with Gasteiger partial charge < -0.3 is 5.11 Å². The highest BCUT2D eigenvalue weighted by Gasteiger charge is 2.41. The summed E-state index contributed by atoms with van der Waals surface area (Å²) < 4.78 is 1.91. The summed E-state index contributed by atoms with van der Waals surface area (Å²) in [6, 6.07) is 0. The van der Waals surface area contributed by atoms with Crippen molar-refractivity contribution in [3.63, 3.8) is 0 Å². The van der Waals surface area contributed by atoms with E-state index in [9.17, 15) is 5.11 Å². The van der Waals surface area contributed by atoms with E-state index in [1.807, 2.05) is 17.8 Å². The molecule has 1 aliphatic carbocycles. The topological polar surface area (TPSA) is 38.0 Å². The van der Waals surface area contributed by atoms with Gasteiger partial charge >= 0.3 is 0 Å². The molecule has 2 rings (SSSR count). The molecule has 0 radical (unpaired) electrons. The van der Waals surface area contributed by atoms with Gasteiger partial charge in [-0.3, -0.25) is 4.68 Å². The Hall–Kier alpha value is -0.830. The Balaban J connectivity index is 2.14. The summed E-state index contributed by atoms with van der Waals surface area (Å²) in [5, 5.41) is 14.5. The van der Waals surface area contributed by atoms with Gasteiger partial charge in [-0.15, -0.1) is 0 Å². The van der Waals surface area contributed by atoms with Gasteiger partial charge in [0.15, 0.2) is 0 Å². The van der Waals surface area contributed by atoms with Gasteiger partial charge in [-0.1, -0.05) is 6.92 Å². The van der Waals surface area contributed by atoms with Crippen LogP contribution in [-0.4, -0.2) is 14.9 Å². The zero-order chi connectivity index (χ0) is 10.2. The van der Waals surface area contributed by atoms with Crippen molar-refractivity contribution >= 4 is 0 Å². The fourth-order valence-electron chi connectivity index (χ4n) is 1.86. The minimum atomic E-state index is -0.661. The fourth-order valence-corrected chi connectivity index (χ4v) is 1.86. The second-order valence-electron chi connectivity index (χ2n) is 4.41. The maximum atomic E-state index is 10.3. The van der Waals surface area contributed by atoms with Gasteiger partial charge in [0, 0.05) is 18.3 Å². The summed E-state index contributed by atoms with van der Waals surface area (Å²) in [7, 11) is 0. The van der Waals surface area contributed by atoms with Gasteiger partial charge in [0.05, 0.1) is 11.8 Å². The lowest BCUT2D eigenvalue weighted by molar-refractivity contribution is 0.0330. The number of rotatable bonds is 4. The lowest BCUT2D eigenvalue weighted by atomic mass is 9.94.